The molecule has 0 aliphatic carbocycles. The zero-order valence-corrected chi connectivity index (χ0v) is 11.2. The van der Waals surface area contributed by atoms with Crippen molar-refractivity contribution >= 4 is 22.2 Å². The van der Waals surface area contributed by atoms with E-state index in [4.69, 9.17) is 15.3 Å². The summed E-state index contributed by atoms with van der Waals surface area (Å²) in [5.41, 5.74) is 2.86. The highest BCUT2D eigenvalue weighted by Gasteiger charge is 2.14. The van der Waals surface area contributed by atoms with Crippen molar-refractivity contribution in [3.63, 3.8) is 0 Å². The minimum atomic E-state index is -0.510. The van der Waals surface area contributed by atoms with Gasteiger partial charge in [0.2, 0.25) is 0 Å². The highest BCUT2D eigenvalue weighted by atomic mass is 32.1. The van der Waals surface area contributed by atoms with Gasteiger partial charge in [-0.2, -0.15) is 0 Å². The van der Waals surface area contributed by atoms with Crippen LogP contribution in [0.4, 0.5) is 10.7 Å². The van der Waals surface area contributed by atoms with E-state index < -0.39 is 4.92 Å². The summed E-state index contributed by atoms with van der Waals surface area (Å²) in [4.78, 5) is 10.2. The predicted octanol–water partition coefficient (Wildman–Crippen LogP) is 1.32. The number of ether oxygens (including phenoxy) is 2. The third-order valence-corrected chi connectivity index (χ3v) is 3.11. The lowest BCUT2D eigenvalue weighted by Gasteiger charge is -2.09. The lowest BCUT2D eigenvalue weighted by Crippen LogP contribution is -2.09. The van der Waals surface area contributed by atoms with E-state index in [9.17, 15) is 10.1 Å². The molecule has 2 aromatic rings. The van der Waals surface area contributed by atoms with Gasteiger partial charge in [0.1, 0.15) is 12.3 Å². The van der Waals surface area contributed by atoms with Gasteiger partial charge in [-0.05, 0) is 6.07 Å². The van der Waals surface area contributed by atoms with Crippen LogP contribution >= 0.6 is 11.5 Å². The molecule has 20 heavy (non-hydrogen) atoms. The van der Waals surface area contributed by atoms with Crippen LogP contribution in [0.5, 0.6) is 11.5 Å². The first-order valence-electron chi connectivity index (χ1n) is 5.38. The number of aromatic nitrogens is 2. The van der Waals surface area contributed by atoms with Crippen LogP contribution in [0.3, 0.4) is 0 Å². The Morgan fingerprint density at radius 3 is 2.95 bits per heavy atom. The molecule has 3 N–H and O–H groups in total. The maximum atomic E-state index is 10.7. The van der Waals surface area contributed by atoms with Crippen LogP contribution in [0.15, 0.2) is 18.2 Å². The molecule has 1 heterocycles. The highest BCUT2D eigenvalue weighted by molar-refractivity contribution is 7.10. The Morgan fingerprint density at radius 2 is 2.30 bits per heavy atom. The van der Waals surface area contributed by atoms with E-state index in [0.717, 1.165) is 11.5 Å². The van der Waals surface area contributed by atoms with Gasteiger partial charge in [0, 0.05) is 17.6 Å². The smallest absolute Gasteiger partial charge is 0.273 e. The number of nitro benzene ring substituents is 1. The van der Waals surface area contributed by atoms with Crippen LogP contribution in [-0.4, -0.2) is 21.6 Å². The topological polar surface area (TPSA) is 125 Å². The number of hydrogen-bond acceptors (Lipinski definition) is 9. The largest absolute Gasteiger partial charge is 0.493 e. The predicted molar refractivity (Wildman–Crippen MR) is 71.7 cm³/mol. The minimum Gasteiger partial charge on any atom is -0.493 e. The van der Waals surface area contributed by atoms with Gasteiger partial charge in [-0.1, -0.05) is 4.49 Å². The summed E-state index contributed by atoms with van der Waals surface area (Å²) < 4.78 is 14.3. The Labute approximate surface area is 117 Å². The first-order chi connectivity index (χ1) is 9.65. The van der Waals surface area contributed by atoms with Gasteiger partial charge < -0.3 is 14.9 Å². The van der Waals surface area contributed by atoms with Crippen LogP contribution in [-0.2, 0) is 6.61 Å². The Morgan fingerprint density at radius 1 is 1.50 bits per heavy atom. The number of nitrogens with zero attached hydrogens (tertiary/aromatic N) is 3. The number of rotatable bonds is 6. The molecule has 1 aromatic heterocycles. The maximum absolute atomic E-state index is 10.7. The van der Waals surface area contributed by atoms with E-state index in [1.165, 1.54) is 25.3 Å². The zero-order valence-electron chi connectivity index (χ0n) is 10.4. The van der Waals surface area contributed by atoms with Crippen molar-refractivity contribution in [2.24, 2.45) is 5.84 Å². The Bertz CT molecular complexity index is 617. The number of nitrogen functional groups attached to an aromatic ring is 1. The maximum Gasteiger partial charge on any atom is 0.273 e. The second-order valence-corrected chi connectivity index (χ2v) is 4.33. The molecule has 0 saturated heterocycles. The molecule has 106 valence electrons. The summed E-state index contributed by atoms with van der Waals surface area (Å²) in [7, 11) is 1.45. The Balaban J connectivity index is 2.19. The van der Waals surface area contributed by atoms with Gasteiger partial charge in [0.25, 0.3) is 5.69 Å². The van der Waals surface area contributed by atoms with Crippen LogP contribution in [0.25, 0.3) is 0 Å². The summed E-state index contributed by atoms with van der Waals surface area (Å²) in [6.07, 6.45) is 0. The average molecular weight is 297 g/mol. The molecule has 9 nitrogen and oxygen atoms in total. The second-order valence-electron chi connectivity index (χ2n) is 3.57. The minimum absolute atomic E-state index is 0.0631. The number of hydrogen-bond donors (Lipinski definition) is 2. The lowest BCUT2D eigenvalue weighted by molar-refractivity contribution is -0.385. The summed E-state index contributed by atoms with van der Waals surface area (Å²) >= 11 is 1.09. The van der Waals surface area contributed by atoms with Gasteiger partial charge >= 0.3 is 0 Å². The van der Waals surface area contributed by atoms with Crippen molar-refractivity contribution < 1.29 is 14.4 Å². The van der Waals surface area contributed by atoms with Crippen molar-refractivity contribution in [2.75, 3.05) is 12.5 Å². The third kappa shape index (κ3) is 2.92. The van der Waals surface area contributed by atoms with E-state index >= 15 is 0 Å². The third-order valence-electron chi connectivity index (χ3n) is 2.41. The molecule has 0 bridgehead atoms. The standard InChI is InChI=1S/C10H11N5O4S/c1-18-8-3-2-6(15(16)17)4-9(8)19-5-7-10(12-11)20-14-13-7/h2-4,12H,5,11H2,1H3. The molecule has 0 aliphatic rings. The zero-order chi connectivity index (χ0) is 14.5. The van der Waals surface area contributed by atoms with E-state index in [1.807, 2.05) is 0 Å². The number of methoxy groups -OCH3 is 1. The number of non-ortho nitro benzene ring substituents is 1. The SMILES string of the molecule is COc1ccc([N+](=O)[O-])cc1OCc1nnsc1NN. The molecule has 0 unspecified atom stereocenters. The molecule has 2 rings (SSSR count). The summed E-state index contributed by atoms with van der Waals surface area (Å²) in [5.74, 6) is 5.93. The molecule has 0 aliphatic heterocycles. The summed E-state index contributed by atoms with van der Waals surface area (Å²) in [5, 5.41) is 15.2. The Kier molecular flexibility index (Phi) is 4.27. The fourth-order valence-electron chi connectivity index (χ4n) is 1.45. The van der Waals surface area contributed by atoms with Crippen molar-refractivity contribution in [3.8, 4) is 11.5 Å². The Hall–Kier alpha value is -2.46. The van der Waals surface area contributed by atoms with Gasteiger partial charge in [0.05, 0.1) is 18.1 Å². The van der Waals surface area contributed by atoms with Gasteiger partial charge in [-0.3, -0.25) is 10.1 Å². The van der Waals surface area contributed by atoms with Crippen LogP contribution < -0.4 is 20.7 Å². The number of nitro groups is 1. The van der Waals surface area contributed by atoms with E-state index in [0.29, 0.717) is 16.4 Å². The van der Waals surface area contributed by atoms with Crippen molar-refractivity contribution in [1.29, 1.82) is 0 Å². The first kappa shape index (κ1) is 14.0. The monoisotopic (exact) mass is 297 g/mol. The quantitative estimate of drug-likeness (QED) is 0.464. The van der Waals surface area contributed by atoms with E-state index in [-0.39, 0.29) is 18.0 Å². The molecular formula is C10H11N5O4S. The van der Waals surface area contributed by atoms with E-state index in [2.05, 4.69) is 15.0 Å². The first-order valence-corrected chi connectivity index (χ1v) is 6.16. The van der Waals surface area contributed by atoms with Crippen molar-refractivity contribution in [2.45, 2.75) is 6.61 Å². The van der Waals surface area contributed by atoms with Gasteiger partial charge in [-0.15, -0.1) is 5.10 Å². The molecule has 0 saturated carbocycles. The number of benzene rings is 1. The normalized spacial score (nSPS) is 10.1. The van der Waals surface area contributed by atoms with Crippen molar-refractivity contribution in [1.82, 2.24) is 9.59 Å². The fourth-order valence-corrected chi connectivity index (χ4v) is 1.93. The molecular weight excluding hydrogens is 286 g/mol. The van der Waals surface area contributed by atoms with Gasteiger partial charge in [-0.25, -0.2) is 5.84 Å². The molecule has 0 atom stereocenters. The highest BCUT2D eigenvalue weighted by Crippen LogP contribution is 2.32. The molecule has 0 amide bonds. The van der Waals surface area contributed by atoms with E-state index in [1.54, 1.807) is 0 Å². The lowest BCUT2D eigenvalue weighted by atomic mass is 10.3. The van der Waals surface area contributed by atoms with Crippen molar-refractivity contribution in [3.05, 3.63) is 34.0 Å². The number of nitrogens with two attached hydrogens (primary N) is 1. The second kappa shape index (κ2) is 6.12. The molecule has 1 aromatic carbocycles. The van der Waals surface area contributed by atoms with Crippen LogP contribution in [0, 0.1) is 10.1 Å². The van der Waals surface area contributed by atoms with Gasteiger partial charge in [0.15, 0.2) is 16.5 Å². The van der Waals surface area contributed by atoms with Crippen LogP contribution in [0.1, 0.15) is 5.69 Å². The molecule has 0 spiro atoms. The summed E-state index contributed by atoms with van der Waals surface area (Å²) in [6, 6.07) is 4.09. The van der Waals surface area contributed by atoms with Crippen LogP contribution in [0.2, 0.25) is 0 Å². The fraction of sp³-hybridized carbons (Fsp3) is 0.200. The number of nitrogens with one attached hydrogen (secondary N) is 1. The molecule has 0 fully saturated rings. The number of anilines is 1. The molecule has 0 radical (unpaired) electrons. The molecule has 10 heteroatoms. The number of hydrazine groups is 1. The summed E-state index contributed by atoms with van der Waals surface area (Å²) in [6.45, 7) is 0.0631. The average Bonchev–Trinajstić information content (AvgIpc) is 2.92.